The van der Waals surface area contributed by atoms with Gasteiger partial charge in [0.1, 0.15) is 30.5 Å². The molecule has 2 spiro atoms. The Labute approximate surface area is 359 Å². The minimum Gasteiger partial charge on any atom is -0.455 e. The highest BCUT2D eigenvalue weighted by atomic mass is 16.7. The Bertz CT molecular complexity index is 1620. The first-order valence-corrected chi connectivity index (χ1v) is 22.6. The average Bonchev–Trinajstić information content (AvgIpc) is 3.76. The van der Waals surface area contributed by atoms with Crippen LogP contribution in [0.15, 0.2) is 0 Å². The van der Waals surface area contributed by atoms with Crippen molar-refractivity contribution in [2.24, 2.45) is 50.7 Å². The minimum absolute atomic E-state index is 0.0587. The molecule has 5 aliphatic carbocycles. The van der Waals surface area contributed by atoms with Crippen LogP contribution in [0.4, 0.5) is 0 Å². The van der Waals surface area contributed by atoms with E-state index in [0.717, 1.165) is 25.7 Å². The quantitative estimate of drug-likeness (QED) is 0.103. The molecule has 0 aromatic rings. The van der Waals surface area contributed by atoms with Gasteiger partial charge in [0.2, 0.25) is 0 Å². The molecule has 5 saturated carbocycles. The summed E-state index contributed by atoms with van der Waals surface area (Å²) < 4.78 is 36.8. The molecule has 2 saturated heterocycles. The molecule has 8 N–H and O–H groups in total. The lowest BCUT2D eigenvalue weighted by molar-refractivity contribution is -0.339. The number of aliphatic hydroxyl groups is 8. The second kappa shape index (κ2) is 16.4. The molecule has 2 heterocycles. The first kappa shape index (κ1) is 47.4. The van der Waals surface area contributed by atoms with Gasteiger partial charge in [-0.25, -0.2) is 0 Å². The van der Waals surface area contributed by atoms with Crippen molar-refractivity contribution in [3.63, 3.8) is 0 Å². The smallest absolute Gasteiger partial charge is 0.303 e. The number of ether oxygens (including phenoxy) is 6. The van der Waals surface area contributed by atoms with Gasteiger partial charge in [-0.3, -0.25) is 9.59 Å². The van der Waals surface area contributed by atoms with Crippen LogP contribution in [0, 0.1) is 50.7 Å². The molecule has 16 nitrogen and oxygen atoms in total. The van der Waals surface area contributed by atoms with Gasteiger partial charge in [-0.1, -0.05) is 34.6 Å². The Hall–Kier alpha value is -1.54. The zero-order valence-corrected chi connectivity index (χ0v) is 37.4. The lowest BCUT2D eigenvalue weighted by atomic mass is 9.41. The van der Waals surface area contributed by atoms with E-state index in [1.807, 2.05) is 0 Å². The lowest BCUT2D eigenvalue weighted by Crippen LogP contribution is -2.65. The van der Waals surface area contributed by atoms with E-state index in [2.05, 4.69) is 34.6 Å². The van der Waals surface area contributed by atoms with Crippen molar-refractivity contribution in [1.82, 2.24) is 0 Å². The summed E-state index contributed by atoms with van der Waals surface area (Å²) in [4.78, 5) is 24.4. The molecule has 21 atom stereocenters. The van der Waals surface area contributed by atoms with E-state index in [-0.39, 0.29) is 51.9 Å². The number of carbonyl (C=O) groups is 2. The Kier molecular flexibility index (Phi) is 12.8. The van der Waals surface area contributed by atoms with Crippen molar-refractivity contribution in [3.05, 3.63) is 0 Å². The summed E-state index contributed by atoms with van der Waals surface area (Å²) in [5.41, 5.74) is -2.91. The molecule has 0 amide bonds. The van der Waals surface area contributed by atoms with E-state index in [0.29, 0.717) is 32.1 Å². The highest BCUT2D eigenvalue weighted by Crippen LogP contribution is 2.89. The van der Waals surface area contributed by atoms with Gasteiger partial charge in [0, 0.05) is 13.8 Å². The Morgan fingerprint density at radius 1 is 0.820 bits per heavy atom. The van der Waals surface area contributed by atoms with Gasteiger partial charge in [-0.05, 0) is 122 Å². The fraction of sp³-hybridized carbons (Fsp3) is 0.956. The molecule has 2 aliphatic heterocycles. The minimum atomic E-state index is -1.64. The summed E-state index contributed by atoms with van der Waals surface area (Å²) in [7, 11) is 0. The highest BCUT2D eigenvalue weighted by Gasteiger charge is 2.85. The van der Waals surface area contributed by atoms with Gasteiger partial charge in [0.05, 0.1) is 43.2 Å². The molecule has 0 aromatic carbocycles. The third-order valence-corrected chi connectivity index (χ3v) is 17.8. The maximum absolute atomic E-state index is 12.3. The van der Waals surface area contributed by atoms with Crippen LogP contribution in [0.2, 0.25) is 0 Å². The fourth-order valence-electron chi connectivity index (χ4n) is 14.8. The fourth-order valence-corrected chi connectivity index (χ4v) is 14.8. The zero-order valence-electron chi connectivity index (χ0n) is 37.4. The molecule has 0 unspecified atom stereocenters. The molecule has 0 bridgehead atoms. The summed E-state index contributed by atoms with van der Waals surface area (Å²) in [6.07, 6.45) is -8.64. The number of fused-ring (bicyclic) bond motifs is 2. The van der Waals surface area contributed by atoms with Crippen LogP contribution in [-0.2, 0) is 38.0 Å². The third kappa shape index (κ3) is 7.61. The number of rotatable bonds is 12. The number of carbonyl (C=O) groups excluding carboxylic acids is 2. The van der Waals surface area contributed by atoms with E-state index in [4.69, 9.17) is 28.4 Å². The monoisotopic (exact) mass is 870 g/mol. The zero-order chi connectivity index (χ0) is 45.0. The maximum Gasteiger partial charge on any atom is 0.303 e. The van der Waals surface area contributed by atoms with Crippen LogP contribution in [0.25, 0.3) is 0 Å². The van der Waals surface area contributed by atoms with Gasteiger partial charge in [0.25, 0.3) is 0 Å². The summed E-state index contributed by atoms with van der Waals surface area (Å²) in [6, 6.07) is 0. The van der Waals surface area contributed by atoms with E-state index in [9.17, 15) is 50.4 Å². The maximum atomic E-state index is 12.3. The summed E-state index contributed by atoms with van der Waals surface area (Å²) in [5.74, 6) is -1.47. The van der Waals surface area contributed by atoms with E-state index in [1.54, 1.807) is 13.8 Å². The van der Waals surface area contributed by atoms with Crippen LogP contribution in [0.5, 0.6) is 0 Å². The van der Waals surface area contributed by atoms with Crippen LogP contribution < -0.4 is 0 Å². The second-order valence-corrected chi connectivity index (χ2v) is 21.9. The second-order valence-electron chi connectivity index (χ2n) is 21.9. The Balaban J connectivity index is 1.23. The van der Waals surface area contributed by atoms with Gasteiger partial charge in [-0.2, -0.15) is 0 Å². The molecule has 7 rings (SSSR count). The molecule has 350 valence electrons. The number of aliphatic hydroxyl groups excluding tert-OH is 7. The predicted octanol–water partition coefficient (Wildman–Crippen LogP) is 1.71. The molecule has 7 aliphatic rings. The Morgan fingerprint density at radius 2 is 1.48 bits per heavy atom. The van der Waals surface area contributed by atoms with Crippen molar-refractivity contribution in [1.29, 1.82) is 0 Å². The topological polar surface area (TPSA) is 251 Å². The van der Waals surface area contributed by atoms with E-state index < -0.39 is 109 Å². The molecular weight excluding hydrogens is 796 g/mol. The van der Waals surface area contributed by atoms with Crippen LogP contribution in [0.3, 0.4) is 0 Å². The van der Waals surface area contributed by atoms with Crippen molar-refractivity contribution < 1.29 is 78.9 Å². The summed E-state index contributed by atoms with van der Waals surface area (Å²) in [5, 5.41) is 87.0. The molecule has 7 fully saturated rings. The molecule has 61 heavy (non-hydrogen) atoms. The van der Waals surface area contributed by atoms with Crippen LogP contribution in [0.1, 0.15) is 120 Å². The standard InChI is InChI=1S/C45H74O16/c1-21(10-11-29(51)41(6,7)55)31-24(49)17-43(9)28-16-26(59-38-34(54)33(53)32(52)27(18-46)60-38)37-40(4,5)30(12-13-45(37)20-44(28,45)15-14-42(31,43)8)61-39-36(58-23(3)48)35(57-22(2)47)25(50)19-56-39/h21,24-39,46,49-55H,10-20H2,1-9H3/t21-,24+,25+,26-,27-,28+,29-,30+,31+,32-,33+,34+,35+,36-,37-,38-,39+,42-,43-,44+,45-/m0/s1. The van der Waals surface area contributed by atoms with E-state index in [1.165, 1.54) is 13.8 Å². The van der Waals surface area contributed by atoms with Crippen molar-refractivity contribution in [2.45, 2.75) is 205 Å². The largest absolute Gasteiger partial charge is 0.455 e. The van der Waals surface area contributed by atoms with Crippen molar-refractivity contribution in [2.75, 3.05) is 13.2 Å². The van der Waals surface area contributed by atoms with Gasteiger partial charge in [-0.15, -0.1) is 0 Å². The number of hydrogen-bond donors (Lipinski definition) is 8. The number of hydrogen-bond acceptors (Lipinski definition) is 16. The summed E-state index contributed by atoms with van der Waals surface area (Å²) >= 11 is 0. The molecule has 0 aromatic heterocycles. The number of esters is 2. The first-order valence-electron chi connectivity index (χ1n) is 22.6. The SMILES string of the molecule is CC(=O)O[C@@H]1[C@@H](O[C@@H]2CC[C@@]34C[C@@]35CC[C@@]3(C)[C@H]([C@@H](C)CC[C@H](O)C(C)(C)O)[C@H](O)C[C@@]3(C)[C@H]5C[C@H](O[C@H]3O[C@@H](CO)[C@H](O)[C@@H](O)[C@H]3O)[C@H]4C2(C)C)OC[C@@H](O)[C@H]1OC(C)=O. The van der Waals surface area contributed by atoms with Gasteiger partial charge < -0.3 is 69.3 Å². The summed E-state index contributed by atoms with van der Waals surface area (Å²) in [6.45, 7) is 15.8. The average molecular weight is 871 g/mol. The third-order valence-electron chi connectivity index (χ3n) is 17.8. The van der Waals surface area contributed by atoms with Gasteiger partial charge in [0.15, 0.2) is 24.8 Å². The van der Waals surface area contributed by atoms with Crippen molar-refractivity contribution in [3.8, 4) is 0 Å². The van der Waals surface area contributed by atoms with E-state index >= 15 is 0 Å². The normalized spacial score (nSPS) is 50.0. The predicted molar refractivity (Wildman–Crippen MR) is 215 cm³/mol. The highest BCUT2D eigenvalue weighted by molar-refractivity contribution is 5.67. The first-order chi connectivity index (χ1) is 28.3. The molecule has 0 radical (unpaired) electrons. The van der Waals surface area contributed by atoms with Gasteiger partial charge >= 0.3 is 11.9 Å². The Morgan fingerprint density at radius 3 is 2.10 bits per heavy atom. The lowest BCUT2D eigenvalue weighted by Gasteiger charge is -2.65. The van der Waals surface area contributed by atoms with Crippen LogP contribution >= 0.6 is 0 Å². The molecular formula is C45H74O16. The van der Waals surface area contributed by atoms with Crippen LogP contribution in [-0.4, -0.2) is 151 Å². The van der Waals surface area contributed by atoms with Crippen molar-refractivity contribution >= 4 is 11.9 Å². The molecule has 16 heteroatoms.